The highest BCUT2D eigenvalue weighted by atomic mass is 16.2. The molecule has 0 aliphatic carbocycles. The number of nitrogens with zero attached hydrogens (tertiary/aromatic N) is 3. The average Bonchev–Trinajstić information content (AvgIpc) is 2.81. The predicted molar refractivity (Wildman–Crippen MR) is 79.7 cm³/mol. The van der Waals surface area contributed by atoms with Crippen molar-refractivity contribution >= 4 is 5.91 Å². The summed E-state index contributed by atoms with van der Waals surface area (Å²) in [5, 5.41) is 7.87. The van der Waals surface area contributed by atoms with E-state index >= 15 is 0 Å². The summed E-state index contributed by atoms with van der Waals surface area (Å²) in [5.74, 6) is 0.605. The topological polar surface area (TPSA) is 50.2 Å². The Balaban J connectivity index is 2.05. The summed E-state index contributed by atoms with van der Waals surface area (Å²) in [4.78, 5) is 14.6. The van der Waals surface area contributed by atoms with Crippen molar-refractivity contribution in [3.63, 3.8) is 0 Å². The highest BCUT2D eigenvalue weighted by molar-refractivity contribution is 5.92. The van der Waals surface area contributed by atoms with Gasteiger partial charge < -0.3 is 10.2 Å². The van der Waals surface area contributed by atoms with E-state index in [2.05, 4.69) is 31.2 Å². The molecule has 1 N–H and O–H groups in total. The summed E-state index contributed by atoms with van der Waals surface area (Å²) in [7, 11) is 1.85. The van der Waals surface area contributed by atoms with E-state index in [1.165, 1.54) is 0 Å². The van der Waals surface area contributed by atoms with Gasteiger partial charge in [-0.1, -0.05) is 20.8 Å². The van der Waals surface area contributed by atoms with Gasteiger partial charge in [0.05, 0.1) is 5.69 Å². The average molecular weight is 278 g/mol. The van der Waals surface area contributed by atoms with Crippen LogP contribution in [0, 0.1) is 5.92 Å². The van der Waals surface area contributed by atoms with Crippen molar-refractivity contribution in [1.82, 2.24) is 20.0 Å². The van der Waals surface area contributed by atoms with Crippen molar-refractivity contribution in [3.05, 3.63) is 17.5 Å². The zero-order valence-corrected chi connectivity index (χ0v) is 13.0. The number of hydrogen-bond acceptors (Lipinski definition) is 3. The maximum Gasteiger partial charge on any atom is 0.272 e. The monoisotopic (exact) mass is 278 g/mol. The Bertz CT molecular complexity index is 468. The molecule has 2 heterocycles. The number of carbonyl (C=O) groups is 1. The van der Waals surface area contributed by atoms with Crippen LogP contribution in [0.25, 0.3) is 0 Å². The Hall–Kier alpha value is -1.36. The summed E-state index contributed by atoms with van der Waals surface area (Å²) < 4.78 is 1.71. The SMILES string of the molecule is CCNC1CCN(C(=O)c2cc(CC)nn2C)CC1C. The molecule has 5 heteroatoms. The van der Waals surface area contributed by atoms with Gasteiger partial charge in [-0.3, -0.25) is 9.48 Å². The Labute approximate surface area is 121 Å². The van der Waals surface area contributed by atoms with E-state index < -0.39 is 0 Å². The first kappa shape index (κ1) is 15.0. The number of carbonyl (C=O) groups excluding carboxylic acids is 1. The molecule has 1 amide bonds. The van der Waals surface area contributed by atoms with Gasteiger partial charge in [0.1, 0.15) is 5.69 Å². The van der Waals surface area contributed by atoms with Crippen LogP contribution in [0.3, 0.4) is 0 Å². The Morgan fingerprint density at radius 2 is 2.25 bits per heavy atom. The molecule has 2 unspecified atom stereocenters. The summed E-state index contributed by atoms with van der Waals surface area (Å²) in [6, 6.07) is 2.45. The molecule has 1 aromatic rings. The van der Waals surface area contributed by atoms with E-state index in [-0.39, 0.29) is 5.91 Å². The molecule has 20 heavy (non-hydrogen) atoms. The molecule has 1 aliphatic heterocycles. The number of nitrogens with one attached hydrogen (secondary N) is 1. The minimum atomic E-state index is 0.112. The number of likely N-dealkylation sites (tertiary alicyclic amines) is 1. The van der Waals surface area contributed by atoms with Gasteiger partial charge in [0.15, 0.2) is 0 Å². The van der Waals surface area contributed by atoms with Gasteiger partial charge in [-0.15, -0.1) is 0 Å². The standard InChI is InChI=1S/C15H26N4O/c1-5-12-9-14(18(4)17-12)15(20)19-8-7-13(16-6-2)11(3)10-19/h9,11,13,16H,5-8,10H2,1-4H3. The van der Waals surface area contributed by atoms with Gasteiger partial charge in [-0.05, 0) is 31.4 Å². The molecular weight excluding hydrogens is 252 g/mol. The van der Waals surface area contributed by atoms with Crippen LogP contribution < -0.4 is 5.32 Å². The largest absolute Gasteiger partial charge is 0.337 e. The fourth-order valence-corrected chi connectivity index (χ4v) is 2.96. The Morgan fingerprint density at radius 3 is 2.80 bits per heavy atom. The maximum absolute atomic E-state index is 12.6. The second-order valence-electron chi connectivity index (χ2n) is 5.68. The van der Waals surface area contributed by atoms with Crippen molar-refractivity contribution in [3.8, 4) is 0 Å². The van der Waals surface area contributed by atoms with Crippen LogP contribution in [0.1, 0.15) is 43.4 Å². The number of amides is 1. The summed E-state index contributed by atoms with van der Waals surface area (Å²) in [6.45, 7) is 9.04. The number of rotatable bonds is 4. The van der Waals surface area contributed by atoms with Gasteiger partial charge in [-0.25, -0.2) is 0 Å². The third-order valence-corrected chi connectivity index (χ3v) is 4.17. The van der Waals surface area contributed by atoms with E-state index in [1.54, 1.807) is 4.68 Å². The fourth-order valence-electron chi connectivity index (χ4n) is 2.96. The first-order chi connectivity index (χ1) is 9.56. The van der Waals surface area contributed by atoms with Crippen LogP contribution in [-0.2, 0) is 13.5 Å². The number of aromatic nitrogens is 2. The van der Waals surface area contributed by atoms with E-state index in [4.69, 9.17) is 0 Å². The molecule has 2 atom stereocenters. The van der Waals surface area contributed by atoms with Crippen LogP contribution in [-0.4, -0.2) is 46.3 Å². The lowest BCUT2D eigenvalue weighted by Crippen LogP contribution is -2.50. The van der Waals surface area contributed by atoms with Crippen LogP contribution in [0.4, 0.5) is 0 Å². The summed E-state index contributed by atoms with van der Waals surface area (Å²) in [6.07, 6.45) is 1.89. The van der Waals surface area contributed by atoms with Gasteiger partial charge in [0, 0.05) is 26.2 Å². The highest BCUT2D eigenvalue weighted by Gasteiger charge is 2.29. The third kappa shape index (κ3) is 3.03. The molecule has 1 aliphatic rings. The lowest BCUT2D eigenvalue weighted by Gasteiger charge is -2.37. The molecule has 1 aromatic heterocycles. The normalized spacial score (nSPS) is 23.1. The van der Waals surface area contributed by atoms with Crippen LogP contribution >= 0.6 is 0 Å². The van der Waals surface area contributed by atoms with Crippen molar-refractivity contribution in [1.29, 1.82) is 0 Å². The molecule has 0 spiro atoms. The lowest BCUT2D eigenvalue weighted by atomic mass is 9.93. The molecule has 0 aromatic carbocycles. The maximum atomic E-state index is 12.6. The van der Waals surface area contributed by atoms with Gasteiger partial charge >= 0.3 is 0 Å². The zero-order chi connectivity index (χ0) is 14.7. The van der Waals surface area contributed by atoms with Crippen molar-refractivity contribution in [2.75, 3.05) is 19.6 Å². The molecule has 1 fully saturated rings. The van der Waals surface area contributed by atoms with Crippen LogP contribution in [0.2, 0.25) is 0 Å². The van der Waals surface area contributed by atoms with Crippen molar-refractivity contribution in [2.45, 2.75) is 39.7 Å². The summed E-state index contributed by atoms with van der Waals surface area (Å²) >= 11 is 0. The molecule has 0 bridgehead atoms. The van der Waals surface area contributed by atoms with Gasteiger partial charge in [-0.2, -0.15) is 5.10 Å². The fraction of sp³-hybridized carbons (Fsp3) is 0.733. The van der Waals surface area contributed by atoms with Gasteiger partial charge in [0.25, 0.3) is 5.91 Å². The summed E-state index contributed by atoms with van der Waals surface area (Å²) in [5.41, 5.74) is 1.68. The Kier molecular flexibility index (Phi) is 4.81. The van der Waals surface area contributed by atoms with Crippen LogP contribution in [0.15, 0.2) is 6.07 Å². The predicted octanol–water partition coefficient (Wildman–Crippen LogP) is 1.44. The molecule has 2 rings (SSSR count). The van der Waals surface area contributed by atoms with E-state index in [1.807, 2.05) is 18.0 Å². The zero-order valence-electron chi connectivity index (χ0n) is 13.0. The van der Waals surface area contributed by atoms with Gasteiger partial charge in [0.2, 0.25) is 0 Å². The number of hydrogen-bond donors (Lipinski definition) is 1. The highest BCUT2D eigenvalue weighted by Crippen LogP contribution is 2.19. The molecule has 5 nitrogen and oxygen atoms in total. The molecule has 0 saturated carbocycles. The quantitative estimate of drug-likeness (QED) is 0.907. The minimum Gasteiger partial charge on any atom is -0.337 e. The second kappa shape index (κ2) is 6.39. The number of piperidine rings is 1. The smallest absolute Gasteiger partial charge is 0.272 e. The molecular formula is C15H26N4O. The molecule has 112 valence electrons. The molecule has 0 radical (unpaired) electrons. The lowest BCUT2D eigenvalue weighted by molar-refractivity contribution is 0.0635. The molecule has 1 saturated heterocycles. The van der Waals surface area contributed by atoms with E-state index in [0.717, 1.165) is 38.2 Å². The Morgan fingerprint density at radius 1 is 1.50 bits per heavy atom. The van der Waals surface area contributed by atoms with Crippen molar-refractivity contribution in [2.24, 2.45) is 13.0 Å². The first-order valence-electron chi connectivity index (χ1n) is 7.62. The van der Waals surface area contributed by atoms with Crippen LogP contribution in [0.5, 0.6) is 0 Å². The first-order valence-corrected chi connectivity index (χ1v) is 7.62. The van der Waals surface area contributed by atoms with Crippen molar-refractivity contribution < 1.29 is 4.79 Å². The minimum absolute atomic E-state index is 0.112. The van der Waals surface area contributed by atoms with E-state index in [0.29, 0.717) is 17.7 Å². The number of aryl methyl sites for hydroxylation is 2. The third-order valence-electron chi connectivity index (χ3n) is 4.17. The van der Waals surface area contributed by atoms with E-state index in [9.17, 15) is 4.79 Å². The second-order valence-corrected chi connectivity index (χ2v) is 5.68.